The summed E-state index contributed by atoms with van der Waals surface area (Å²) in [4.78, 5) is 10.7. The third-order valence-electron chi connectivity index (χ3n) is 2.27. The second-order valence-electron chi connectivity index (χ2n) is 3.27. The van der Waals surface area contributed by atoms with Crippen LogP contribution in [0.25, 0.3) is 0 Å². The maximum Gasteiger partial charge on any atom is 0.325 e. The van der Waals surface area contributed by atoms with E-state index in [0.717, 1.165) is 0 Å². The monoisotopic (exact) mass is 245 g/mol. The number of phenolic OH excluding ortho intramolecular Hbond substituents is 1. The number of hydrogen-bond acceptors (Lipinski definition) is 4. The fourth-order valence-electron chi connectivity index (χ4n) is 1.39. The van der Waals surface area contributed by atoms with Gasteiger partial charge in [-0.25, -0.2) is 0 Å². The summed E-state index contributed by atoms with van der Waals surface area (Å²) in [6.07, 6.45) is 0. The second-order valence-corrected chi connectivity index (χ2v) is 3.68. The Balaban J connectivity index is 3.39. The molecular weight excluding hydrogens is 234 g/mol. The molecule has 0 saturated heterocycles. The summed E-state index contributed by atoms with van der Waals surface area (Å²) in [6, 6.07) is -0.0243. The molecule has 6 heteroatoms. The maximum absolute atomic E-state index is 10.7. The highest BCUT2D eigenvalue weighted by Gasteiger charge is 2.22. The molecule has 4 N–H and O–H groups in total. The summed E-state index contributed by atoms with van der Waals surface area (Å²) in [5.41, 5.74) is 5.84. The molecule has 1 aromatic carbocycles. The van der Waals surface area contributed by atoms with Gasteiger partial charge in [-0.2, -0.15) is 0 Å². The number of halogens is 1. The molecule has 1 rings (SSSR count). The number of ether oxygens (including phenoxy) is 1. The summed E-state index contributed by atoms with van der Waals surface area (Å²) < 4.78 is 4.97. The normalized spacial score (nSPS) is 12.2. The Labute approximate surface area is 97.4 Å². The first-order valence-corrected chi connectivity index (χ1v) is 4.82. The van der Waals surface area contributed by atoms with Crippen LogP contribution in [0.3, 0.4) is 0 Å². The van der Waals surface area contributed by atoms with Crippen LogP contribution in [-0.4, -0.2) is 23.3 Å². The van der Waals surface area contributed by atoms with E-state index in [-0.39, 0.29) is 16.3 Å². The van der Waals surface area contributed by atoms with E-state index in [2.05, 4.69) is 0 Å². The number of carbonyl (C=O) groups is 1. The lowest BCUT2D eigenvalue weighted by Gasteiger charge is -2.15. The van der Waals surface area contributed by atoms with Crippen molar-refractivity contribution >= 4 is 17.6 Å². The molecule has 1 unspecified atom stereocenters. The van der Waals surface area contributed by atoms with Crippen molar-refractivity contribution in [3.8, 4) is 11.5 Å². The Morgan fingerprint density at radius 1 is 1.62 bits per heavy atom. The van der Waals surface area contributed by atoms with Gasteiger partial charge < -0.3 is 20.7 Å². The first kappa shape index (κ1) is 12.6. The zero-order valence-corrected chi connectivity index (χ0v) is 9.58. The summed E-state index contributed by atoms with van der Waals surface area (Å²) >= 11 is 5.87. The van der Waals surface area contributed by atoms with Crippen molar-refractivity contribution in [1.29, 1.82) is 0 Å². The predicted octanol–water partition coefficient (Wildman–Crippen LogP) is 1.45. The molecule has 0 spiro atoms. The molecule has 88 valence electrons. The number of hydrogen-bond donors (Lipinski definition) is 3. The lowest BCUT2D eigenvalue weighted by Crippen LogP contribution is -2.21. The minimum atomic E-state index is -1.32. The van der Waals surface area contributed by atoms with Crippen LogP contribution in [-0.2, 0) is 4.79 Å². The van der Waals surface area contributed by atoms with Crippen molar-refractivity contribution in [3.63, 3.8) is 0 Å². The van der Waals surface area contributed by atoms with Crippen LogP contribution in [0.2, 0.25) is 5.02 Å². The van der Waals surface area contributed by atoms with Gasteiger partial charge in [-0.05, 0) is 13.0 Å². The lowest BCUT2D eigenvalue weighted by molar-refractivity contribution is -0.138. The largest absolute Gasteiger partial charge is 0.507 e. The van der Waals surface area contributed by atoms with Crippen molar-refractivity contribution in [3.05, 3.63) is 22.2 Å². The maximum atomic E-state index is 10.7. The smallest absolute Gasteiger partial charge is 0.325 e. The van der Waals surface area contributed by atoms with E-state index in [0.29, 0.717) is 11.3 Å². The number of benzene rings is 1. The molecule has 0 heterocycles. The third-order valence-corrected chi connectivity index (χ3v) is 2.55. The lowest BCUT2D eigenvalue weighted by atomic mass is 10.0. The Kier molecular flexibility index (Phi) is 3.62. The Morgan fingerprint density at radius 3 is 2.62 bits per heavy atom. The number of nitrogens with two attached hydrogens (primary N) is 1. The van der Waals surface area contributed by atoms with Gasteiger partial charge in [0.2, 0.25) is 0 Å². The van der Waals surface area contributed by atoms with Gasteiger partial charge in [0.15, 0.2) is 0 Å². The fourth-order valence-corrected chi connectivity index (χ4v) is 1.73. The first-order valence-electron chi connectivity index (χ1n) is 4.44. The van der Waals surface area contributed by atoms with E-state index in [1.807, 2.05) is 0 Å². The molecule has 0 radical (unpaired) electrons. The van der Waals surface area contributed by atoms with E-state index >= 15 is 0 Å². The second kappa shape index (κ2) is 4.59. The number of rotatable bonds is 3. The number of phenols is 1. The van der Waals surface area contributed by atoms with Gasteiger partial charge in [-0.1, -0.05) is 11.6 Å². The van der Waals surface area contributed by atoms with Crippen molar-refractivity contribution < 1.29 is 19.7 Å². The Bertz CT molecular complexity index is 433. The van der Waals surface area contributed by atoms with Crippen molar-refractivity contribution in [2.24, 2.45) is 5.73 Å². The molecule has 0 saturated carbocycles. The highest BCUT2D eigenvalue weighted by atomic mass is 35.5. The molecule has 0 aromatic heterocycles. The summed E-state index contributed by atoms with van der Waals surface area (Å²) in [5.74, 6) is -1.15. The fraction of sp³-hybridized carbons (Fsp3) is 0.300. The van der Waals surface area contributed by atoms with Gasteiger partial charge >= 0.3 is 5.97 Å². The third kappa shape index (κ3) is 2.05. The van der Waals surface area contributed by atoms with Gasteiger partial charge in [0.1, 0.15) is 17.5 Å². The SMILES string of the molecule is COc1c(Cl)cc(C(N)C(=O)O)c(O)c1C. The number of carboxylic acid groups (broad SMARTS) is 1. The van der Waals surface area contributed by atoms with Crippen LogP contribution < -0.4 is 10.5 Å². The summed E-state index contributed by atoms with van der Waals surface area (Å²) in [5, 5.41) is 18.7. The molecule has 5 nitrogen and oxygen atoms in total. The molecule has 0 fully saturated rings. The first-order chi connectivity index (χ1) is 7.40. The highest BCUT2D eigenvalue weighted by molar-refractivity contribution is 6.32. The Hall–Kier alpha value is -1.46. The van der Waals surface area contributed by atoms with Crippen molar-refractivity contribution in [1.82, 2.24) is 0 Å². The van der Waals surface area contributed by atoms with Gasteiger partial charge in [0, 0.05) is 11.1 Å². The van der Waals surface area contributed by atoms with Crippen LogP contribution in [0, 0.1) is 6.92 Å². The van der Waals surface area contributed by atoms with E-state index in [1.165, 1.54) is 13.2 Å². The molecule has 16 heavy (non-hydrogen) atoms. The van der Waals surface area contributed by atoms with Crippen LogP contribution >= 0.6 is 11.6 Å². The quantitative estimate of drug-likeness (QED) is 0.749. The molecule has 1 aromatic rings. The minimum absolute atomic E-state index is 0.0656. The van der Waals surface area contributed by atoms with Crippen LogP contribution in [0.4, 0.5) is 0 Å². The van der Waals surface area contributed by atoms with Gasteiger partial charge in [0.05, 0.1) is 12.1 Å². The van der Waals surface area contributed by atoms with Gasteiger partial charge in [0.25, 0.3) is 0 Å². The molecule has 0 aliphatic carbocycles. The highest BCUT2D eigenvalue weighted by Crippen LogP contribution is 2.39. The van der Waals surface area contributed by atoms with Crippen molar-refractivity contribution in [2.75, 3.05) is 7.11 Å². The number of aromatic hydroxyl groups is 1. The van der Waals surface area contributed by atoms with E-state index < -0.39 is 12.0 Å². The summed E-state index contributed by atoms with van der Waals surface area (Å²) in [6.45, 7) is 1.57. The van der Waals surface area contributed by atoms with E-state index in [1.54, 1.807) is 6.92 Å². The summed E-state index contributed by atoms with van der Waals surface area (Å²) in [7, 11) is 1.41. The topological polar surface area (TPSA) is 92.8 Å². The molecule has 0 amide bonds. The molecule has 0 aliphatic heterocycles. The van der Waals surface area contributed by atoms with Gasteiger partial charge in [-0.15, -0.1) is 0 Å². The standard InChI is InChI=1S/C10H12ClNO4/c1-4-8(13)5(7(12)10(14)15)3-6(11)9(4)16-2/h3,7,13H,12H2,1-2H3,(H,14,15). The van der Waals surface area contributed by atoms with E-state index in [9.17, 15) is 9.90 Å². The van der Waals surface area contributed by atoms with Crippen LogP contribution in [0.1, 0.15) is 17.2 Å². The average Bonchev–Trinajstić information content (AvgIpc) is 2.23. The van der Waals surface area contributed by atoms with Crippen molar-refractivity contribution in [2.45, 2.75) is 13.0 Å². The van der Waals surface area contributed by atoms with E-state index in [4.69, 9.17) is 27.2 Å². The number of aliphatic carboxylic acids is 1. The molecular formula is C10H12ClNO4. The van der Waals surface area contributed by atoms with Gasteiger partial charge in [-0.3, -0.25) is 4.79 Å². The zero-order chi connectivity index (χ0) is 12.5. The molecule has 0 aliphatic rings. The van der Waals surface area contributed by atoms with Crippen LogP contribution in [0.15, 0.2) is 6.07 Å². The Morgan fingerprint density at radius 2 is 2.19 bits per heavy atom. The number of carboxylic acids is 1. The van der Waals surface area contributed by atoms with Crippen LogP contribution in [0.5, 0.6) is 11.5 Å². The molecule has 1 atom stereocenters. The predicted molar refractivity (Wildman–Crippen MR) is 59.0 cm³/mol. The average molecular weight is 246 g/mol. The zero-order valence-electron chi connectivity index (χ0n) is 8.82. The number of methoxy groups -OCH3 is 1. The molecule has 0 bridgehead atoms. The minimum Gasteiger partial charge on any atom is -0.507 e.